The van der Waals surface area contributed by atoms with Crippen LogP contribution in [0.1, 0.15) is 23.6 Å². The molecular formula is C28H31F2N3O4S. The molecule has 0 aliphatic rings. The third-order valence-electron chi connectivity index (χ3n) is 6.09. The van der Waals surface area contributed by atoms with Crippen LogP contribution < -0.4 is 9.62 Å². The Labute approximate surface area is 222 Å². The van der Waals surface area contributed by atoms with Crippen LogP contribution in [0.15, 0.2) is 72.8 Å². The third-order valence-corrected chi connectivity index (χ3v) is 7.23. The zero-order chi connectivity index (χ0) is 27.9. The molecule has 1 atom stereocenters. The van der Waals surface area contributed by atoms with Gasteiger partial charge in [-0.1, -0.05) is 54.6 Å². The van der Waals surface area contributed by atoms with E-state index in [4.69, 9.17) is 0 Å². The lowest BCUT2D eigenvalue weighted by atomic mass is 10.0. The summed E-state index contributed by atoms with van der Waals surface area (Å²) >= 11 is 0. The number of likely N-dealkylation sites (N-methyl/N-ethyl adjacent to an activating group) is 1. The maximum atomic E-state index is 14.0. The number of nitrogens with zero attached hydrogens (tertiary/aromatic N) is 2. The van der Waals surface area contributed by atoms with Crippen molar-refractivity contribution >= 4 is 27.5 Å². The van der Waals surface area contributed by atoms with E-state index in [1.54, 1.807) is 6.92 Å². The zero-order valence-corrected chi connectivity index (χ0v) is 22.3. The van der Waals surface area contributed by atoms with Crippen LogP contribution in [-0.4, -0.2) is 50.5 Å². The largest absolute Gasteiger partial charge is 0.355 e. The van der Waals surface area contributed by atoms with Crippen molar-refractivity contribution in [3.63, 3.8) is 0 Å². The van der Waals surface area contributed by atoms with Crippen LogP contribution in [0.3, 0.4) is 0 Å². The lowest BCUT2D eigenvalue weighted by Gasteiger charge is -2.33. The van der Waals surface area contributed by atoms with Gasteiger partial charge in [0.15, 0.2) is 11.6 Å². The number of rotatable bonds is 11. The number of benzene rings is 3. The van der Waals surface area contributed by atoms with Crippen LogP contribution in [0.4, 0.5) is 14.5 Å². The van der Waals surface area contributed by atoms with Crippen molar-refractivity contribution in [3.05, 3.63) is 101 Å². The van der Waals surface area contributed by atoms with Crippen LogP contribution in [0.25, 0.3) is 0 Å². The fourth-order valence-electron chi connectivity index (χ4n) is 4.07. The Balaban J connectivity index is 2.06. The first-order valence-electron chi connectivity index (χ1n) is 12.1. The fraction of sp³-hybridized carbons (Fsp3) is 0.286. The number of hydrogen-bond donors (Lipinski definition) is 1. The third kappa shape index (κ3) is 7.38. The topological polar surface area (TPSA) is 86.8 Å². The van der Waals surface area contributed by atoms with Gasteiger partial charge in [-0.2, -0.15) is 0 Å². The fourth-order valence-corrected chi connectivity index (χ4v) is 4.91. The lowest BCUT2D eigenvalue weighted by molar-refractivity contribution is -0.140. The molecule has 0 aliphatic heterocycles. The van der Waals surface area contributed by atoms with E-state index in [0.717, 1.165) is 41.1 Å². The van der Waals surface area contributed by atoms with E-state index >= 15 is 0 Å². The molecule has 202 valence electrons. The van der Waals surface area contributed by atoms with E-state index in [1.807, 2.05) is 61.5 Å². The maximum absolute atomic E-state index is 14.0. The van der Waals surface area contributed by atoms with Crippen molar-refractivity contribution in [2.24, 2.45) is 0 Å². The van der Waals surface area contributed by atoms with E-state index in [2.05, 4.69) is 5.32 Å². The molecule has 3 aromatic rings. The molecule has 0 fully saturated rings. The second kappa shape index (κ2) is 12.6. The van der Waals surface area contributed by atoms with Crippen molar-refractivity contribution in [1.82, 2.24) is 10.2 Å². The van der Waals surface area contributed by atoms with E-state index in [-0.39, 0.29) is 18.7 Å². The standard InChI is InChI=1S/C28H31F2N3O4S/c1-4-31-28(35)26(16-21-11-6-5-7-12-21)32(18-22-13-9-8-10-20(22)2)27(34)19-33(38(3,36)37)23-14-15-24(29)25(30)17-23/h5-15,17,26H,4,16,18-19H2,1-3H3,(H,31,35). The Kier molecular flexibility index (Phi) is 9.57. The van der Waals surface area contributed by atoms with Gasteiger partial charge in [-0.25, -0.2) is 17.2 Å². The molecule has 0 spiro atoms. The van der Waals surface area contributed by atoms with Gasteiger partial charge < -0.3 is 10.2 Å². The number of nitrogens with one attached hydrogen (secondary N) is 1. The van der Waals surface area contributed by atoms with E-state index in [0.29, 0.717) is 10.8 Å². The molecule has 7 nitrogen and oxygen atoms in total. The van der Waals surface area contributed by atoms with Crippen molar-refractivity contribution in [1.29, 1.82) is 0 Å². The molecule has 3 rings (SSSR count). The molecule has 0 saturated carbocycles. The van der Waals surface area contributed by atoms with Gasteiger partial charge in [0.05, 0.1) is 11.9 Å². The first kappa shape index (κ1) is 28.8. The van der Waals surface area contributed by atoms with E-state index in [1.165, 1.54) is 4.90 Å². The Hall–Kier alpha value is -3.79. The highest BCUT2D eigenvalue weighted by Crippen LogP contribution is 2.23. The normalized spacial score (nSPS) is 12.0. The Morgan fingerprint density at radius 2 is 1.61 bits per heavy atom. The maximum Gasteiger partial charge on any atom is 0.244 e. The summed E-state index contributed by atoms with van der Waals surface area (Å²) in [5, 5.41) is 2.77. The van der Waals surface area contributed by atoms with Crippen LogP contribution in [0, 0.1) is 18.6 Å². The van der Waals surface area contributed by atoms with Gasteiger partial charge in [-0.3, -0.25) is 13.9 Å². The van der Waals surface area contributed by atoms with Gasteiger partial charge >= 0.3 is 0 Å². The second-order valence-electron chi connectivity index (χ2n) is 8.92. The van der Waals surface area contributed by atoms with Crippen LogP contribution in [0.5, 0.6) is 0 Å². The summed E-state index contributed by atoms with van der Waals surface area (Å²) in [6.45, 7) is 3.30. The van der Waals surface area contributed by atoms with Crippen molar-refractivity contribution in [3.8, 4) is 0 Å². The summed E-state index contributed by atoms with van der Waals surface area (Å²) in [6.07, 6.45) is 1.06. The van der Waals surface area contributed by atoms with Gasteiger partial charge in [0.2, 0.25) is 21.8 Å². The number of carbonyl (C=O) groups excluding carboxylic acids is 2. The highest BCUT2D eigenvalue weighted by atomic mass is 32.2. The molecule has 3 aromatic carbocycles. The predicted octanol–water partition coefficient (Wildman–Crippen LogP) is 3.82. The highest BCUT2D eigenvalue weighted by molar-refractivity contribution is 7.92. The lowest BCUT2D eigenvalue weighted by Crippen LogP contribution is -2.53. The van der Waals surface area contributed by atoms with Crippen molar-refractivity contribution in [2.75, 3.05) is 23.7 Å². The molecule has 1 unspecified atom stereocenters. The summed E-state index contributed by atoms with van der Waals surface area (Å²) < 4.78 is 53.5. The zero-order valence-electron chi connectivity index (χ0n) is 21.5. The number of aryl methyl sites for hydroxylation is 1. The number of anilines is 1. The molecule has 0 heterocycles. The Morgan fingerprint density at radius 3 is 2.21 bits per heavy atom. The van der Waals surface area contributed by atoms with E-state index in [9.17, 15) is 26.8 Å². The summed E-state index contributed by atoms with van der Waals surface area (Å²) in [5.74, 6) is -3.45. The molecule has 1 N–H and O–H groups in total. The van der Waals surface area contributed by atoms with Crippen LogP contribution in [-0.2, 0) is 32.6 Å². The minimum Gasteiger partial charge on any atom is -0.355 e. The summed E-state index contributed by atoms with van der Waals surface area (Å²) in [7, 11) is -4.08. The number of carbonyl (C=O) groups is 2. The van der Waals surface area contributed by atoms with Gasteiger partial charge in [0.1, 0.15) is 12.6 Å². The number of amides is 2. The summed E-state index contributed by atoms with van der Waals surface area (Å²) in [4.78, 5) is 28.5. The minimum atomic E-state index is -4.08. The molecule has 38 heavy (non-hydrogen) atoms. The van der Waals surface area contributed by atoms with Gasteiger partial charge in [0, 0.05) is 25.6 Å². The number of hydrogen-bond acceptors (Lipinski definition) is 4. The molecule has 0 aromatic heterocycles. The van der Waals surface area contributed by atoms with Gasteiger partial charge in [-0.05, 0) is 42.7 Å². The predicted molar refractivity (Wildman–Crippen MR) is 143 cm³/mol. The average molecular weight is 544 g/mol. The van der Waals surface area contributed by atoms with Crippen molar-refractivity contribution < 1.29 is 26.8 Å². The summed E-state index contributed by atoms with van der Waals surface area (Å²) in [6, 6.07) is 18.2. The minimum absolute atomic E-state index is 0.0372. The smallest absolute Gasteiger partial charge is 0.244 e. The molecule has 0 bridgehead atoms. The van der Waals surface area contributed by atoms with Gasteiger partial charge in [0.25, 0.3) is 0 Å². The highest BCUT2D eigenvalue weighted by Gasteiger charge is 2.33. The number of halogens is 2. The Bertz CT molecular complexity index is 1380. The average Bonchev–Trinajstić information content (AvgIpc) is 2.87. The second-order valence-corrected chi connectivity index (χ2v) is 10.8. The molecule has 0 aliphatic carbocycles. The van der Waals surface area contributed by atoms with Gasteiger partial charge in [-0.15, -0.1) is 0 Å². The molecular weight excluding hydrogens is 512 g/mol. The van der Waals surface area contributed by atoms with Crippen LogP contribution >= 0.6 is 0 Å². The first-order chi connectivity index (χ1) is 18.0. The quantitative estimate of drug-likeness (QED) is 0.399. The van der Waals surface area contributed by atoms with Crippen molar-refractivity contribution in [2.45, 2.75) is 32.9 Å². The molecule has 0 saturated heterocycles. The Morgan fingerprint density at radius 1 is 0.947 bits per heavy atom. The SMILES string of the molecule is CCNC(=O)C(Cc1ccccc1)N(Cc1ccccc1C)C(=O)CN(c1ccc(F)c(F)c1)S(C)(=O)=O. The monoisotopic (exact) mass is 543 g/mol. The molecule has 0 radical (unpaired) electrons. The van der Waals surface area contributed by atoms with Crippen LogP contribution in [0.2, 0.25) is 0 Å². The molecule has 10 heteroatoms. The first-order valence-corrected chi connectivity index (χ1v) is 13.9. The van der Waals surface area contributed by atoms with E-state index < -0.39 is 46.1 Å². The number of sulfonamides is 1. The summed E-state index contributed by atoms with van der Waals surface area (Å²) in [5.41, 5.74) is 2.28. The molecule has 2 amide bonds.